The van der Waals surface area contributed by atoms with Gasteiger partial charge in [0.25, 0.3) is 0 Å². The van der Waals surface area contributed by atoms with Crippen LogP contribution in [0, 0.1) is 11.8 Å². The molecule has 6 heteroatoms. The van der Waals surface area contributed by atoms with Gasteiger partial charge in [-0.15, -0.1) is 0 Å². The second-order valence-corrected chi connectivity index (χ2v) is 3.83. The average molecular weight is 270 g/mol. The first-order valence-corrected chi connectivity index (χ1v) is 5.70. The molecule has 0 heterocycles. The number of carboxylic acids is 1. The van der Waals surface area contributed by atoms with Crippen molar-refractivity contribution in [2.75, 3.05) is 13.2 Å². The molecule has 6 nitrogen and oxygen atoms in total. The van der Waals surface area contributed by atoms with Crippen LogP contribution in [-0.4, -0.2) is 36.2 Å². The van der Waals surface area contributed by atoms with Gasteiger partial charge in [0, 0.05) is 0 Å². The van der Waals surface area contributed by atoms with Gasteiger partial charge in [0.15, 0.2) is 0 Å². The third-order valence-electron chi connectivity index (χ3n) is 2.36. The van der Waals surface area contributed by atoms with Crippen LogP contribution in [0.5, 0.6) is 0 Å². The van der Waals surface area contributed by atoms with Gasteiger partial charge in [-0.05, 0) is 0 Å². The van der Waals surface area contributed by atoms with Gasteiger partial charge in [0.1, 0.15) is 13.2 Å². The van der Waals surface area contributed by atoms with Crippen molar-refractivity contribution in [1.29, 1.82) is 0 Å². The van der Waals surface area contributed by atoms with Crippen LogP contribution in [0.25, 0.3) is 0 Å². The van der Waals surface area contributed by atoms with E-state index < -0.39 is 36.2 Å². The van der Waals surface area contributed by atoms with E-state index in [1.807, 2.05) is 0 Å². The minimum Gasteiger partial charge on any atom is -0.481 e. The topological polar surface area (TPSA) is 89.9 Å². The molecule has 0 saturated heterocycles. The quantitative estimate of drug-likeness (QED) is 0.499. The minimum absolute atomic E-state index is 0.00463. The summed E-state index contributed by atoms with van der Waals surface area (Å²) >= 11 is 0. The van der Waals surface area contributed by atoms with Crippen molar-refractivity contribution in [3.63, 3.8) is 0 Å². The Labute approximate surface area is 111 Å². The van der Waals surface area contributed by atoms with E-state index in [0.29, 0.717) is 0 Å². The van der Waals surface area contributed by atoms with Crippen molar-refractivity contribution in [2.24, 2.45) is 11.8 Å². The predicted molar refractivity (Wildman–Crippen MR) is 67.2 cm³/mol. The van der Waals surface area contributed by atoms with Gasteiger partial charge in [-0.1, -0.05) is 32.2 Å². The number of hydrogen-bond donors (Lipinski definition) is 1. The number of aliphatic carboxylic acids is 1. The number of carbonyl (C=O) groups excluding carboxylic acids is 2. The third-order valence-corrected chi connectivity index (χ3v) is 2.36. The molecule has 19 heavy (non-hydrogen) atoms. The number of ether oxygens (including phenoxy) is 2. The van der Waals surface area contributed by atoms with E-state index in [4.69, 9.17) is 14.6 Å². The molecule has 1 N–H and O–H groups in total. The highest BCUT2D eigenvalue weighted by atomic mass is 16.5. The summed E-state index contributed by atoms with van der Waals surface area (Å²) < 4.78 is 9.57. The van der Waals surface area contributed by atoms with Gasteiger partial charge in [-0.25, -0.2) is 0 Å². The molecular weight excluding hydrogens is 252 g/mol. The first-order chi connectivity index (χ1) is 8.93. The van der Waals surface area contributed by atoms with Crippen LogP contribution >= 0.6 is 0 Å². The second kappa shape index (κ2) is 8.91. The molecule has 0 aliphatic rings. The van der Waals surface area contributed by atoms with E-state index in [2.05, 4.69) is 13.2 Å². The minimum atomic E-state index is -1.19. The summed E-state index contributed by atoms with van der Waals surface area (Å²) in [6.45, 7) is 8.16. The molecular formula is C13H18O6. The van der Waals surface area contributed by atoms with Crippen molar-refractivity contribution in [3.8, 4) is 0 Å². The molecule has 0 radical (unpaired) electrons. The normalized spacial score (nSPS) is 12.9. The first-order valence-electron chi connectivity index (χ1n) is 5.70. The molecule has 2 atom stereocenters. The van der Waals surface area contributed by atoms with Crippen LogP contribution in [0.2, 0.25) is 0 Å². The van der Waals surface area contributed by atoms with Crippen LogP contribution < -0.4 is 0 Å². The van der Waals surface area contributed by atoms with Crippen molar-refractivity contribution in [1.82, 2.24) is 0 Å². The fourth-order valence-electron chi connectivity index (χ4n) is 1.34. The number of hydrogen-bond acceptors (Lipinski definition) is 5. The Morgan fingerprint density at radius 3 is 2.00 bits per heavy atom. The van der Waals surface area contributed by atoms with Crippen molar-refractivity contribution >= 4 is 17.9 Å². The van der Waals surface area contributed by atoms with E-state index >= 15 is 0 Å². The van der Waals surface area contributed by atoms with Gasteiger partial charge < -0.3 is 14.6 Å². The zero-order valence-electron chi connectivity index (χ0n) is 10.8. The number of carbonyl (C=O) groups is 3. The molecule has 0 saturated carbocycles. The summed E-state index contributed by atoms with van der Waals surface area (Å²) in [5.41, 5.74) is 0. The molecule has 0 aliphatic heterocycles. The highest BCUT2D eigenvalue weighted by molar-refractivity contribution is 5.85. The van der Waals surface area contributed by atoms with Gasteiger partial charge in [0.05, 0.1) is 18.3 Å². The molecule has 0 bridgehead atoms. The first kappa shape index (κ1) is 16.9. The van der Waals surface area contributed by atoms with E-state index in [9.17, 15) is 14.4 Å². The number of carboxylic acid groups (broad SMARTS) is 1. The molecule has 0 aromatic carbocycles. The Morgan fingerprint density at radius 1 is 1.11 bits per heavy atom. The fraction of sp³-hybridized carbons (Fsp3) is 0.462. The Kier molecular flexibility index (Phi) is 7.92. The SMILES string of the molecule is C=CCOC(=O)C(C)C(CC(=O)O)C(=O)OCC=C. The molecule has 2 unspecified atom stereocenters. The van der Waals surface area contributed by atoms with Gasteiger partial charge >= 0.3 is 17.9 Å². The van der Waals surface area contributed by atoms with Gasteiger partial charge in [0.2, 0.25) is 0 Å². The van der Waals surface area contributed by atoms with Crippen molar-refractivity contribution in [2.45, 2.75) is 13.3 Å². The number of rotatable bonds is 9. The second-order valence-electron chi connectivity index (χ2n) is 3.83. The molecule has 0 amide bonds. The zero-order chi connectivity index (χ0) is 14.8. The molecule has 0 rings (SSSR count). The summed E-state index contributed by atoms with van der Waals surface area (Å²) in [6.07, 6.45) is 2.24. The lowest BCUT2D eigenvalue weighted by Gasteiger charge is -2.19. The van der Waals surface area contributed by atoms with Crippen LogP contribution in [-0.2, 0) is 23.9 Å². The Hall–Kier alpha value is -2.11. The summed E-state index contributed by atoms with van der Waals surface area (Å²) in [5, 5.41) is 8.77. The molecule has 0 fully saturated rings. The summed E-state index contributed by atoms with van der Waals surface area (Å²) in [4.78, 5) is 34.0. The highest BCUT2D eigenvalue weighted by Crippen LogP contribution is 2.19. The summed E-state index contributed by atoms with van der Waals surface area (Å²) in [6, 6.07) is 0. The lowest BCUT2D eigenvalue weighted by atomic mass is 9.91. The standard InChI is InChI=1S/C13H18O6/c1-4-6-18-12(16)9(3)10(8-11(14)15)13(17)19-7-5-2/h4-5,9-10H,1-2,6-8H2,3H3,(H,14,15). The van der Waals surface area contributed by atoms with Gasteiger partial charge in [-0.3, -0.25) is 14.4 Å². The van der Waals surface area contributed by atoms with E-state index in [1.54, 1.807) is 0 Å². The van der Waals surface area contributed by atoms with Crippen LogP contribution in [0.15, 0.2) is 25.3 Å². The van der Waals surface area contributed by atoms with E-state index in [1.165, 1.54) is 19.1 Å². The Bertz CT molecular complexity index is 360. The molecule has 0 aliphatic carbocycles. The maximum Gasteiger partial charge on any atom is 0.310 e. The van der Waals surface area contributed by atoms with Crippen LogP contribution in [0.3, 0.4) is 0 Å². The monoisotopic (exact) mass is 270 g/mol. The van der Waals surface area contributed by atoms with E-state index in [-0.39, 0.29) is 13.2 Å². The Morgan fingerprint density at radius 2 is 1.58 bits per heavy atom. The van der Waals surface area contributed by atoms with Crippen molar-refractivity contribution < 1.29 is 29.0 Å². The number of esters is 2. The Balaban J connectivity index is 4.75. The molecule has 106 valence electrons. The van der Waals surface area contributed by atoms with E-state index in [0.717, 1.165) is 0 Å². The predicted octanol–water partition coefficient (Wildman–Crippen LogP) is 1.17. The van der Waals surface area contributed by atoms with Crippen LogP contribution in [0.1, 0.15) is 13.3 Å². The zero-order valence-corrected chi connectivity index (χ0v) is 10.8. The summed E-state index contributed by atoms with van der Waals surface area (Å²) in [7, 11) is 0. The smallest absolute Gasteiger partial charge is 0.310 e. The lowest BCUT2D eigenvalue weighted by Crippen LogP contribution is -2.32. The van der Waals surface area contributed by atoms with Crippen LogP contribution in [0.4, 0.5) is 0 Å². The maximum absolute atomic E-state index is 11.7. The molecule has 0 spiro atoms. The maximum atomic E-state index is 11.7. The lowest BCUT2D eigenvalue weighted by molar-refractivity contribution is -0.161. The van der Waals surface area contributed by atoms with Crippen molar-refractivity contribution in [3.05, 3.63) is 25.3 Å². The fourth-order valence-corrected chi connectivity index (χ4v) is 1.34. The highest BCUT2D eigenvalue weighted by Gasteiger charge is 2.34. The van der Waals surface area contributed by atoms with Gasteiger partial charge in [-0.2, -0.15) is 0 Å². The average Bonchev–Trinajstić information content (AvgIpc) is 2.38. The largest absolute Gasteiger partial charge is 0.481 e. The molecule has 0 aromatic rings. The molecule has 0 aromatic heterocycles. The third kappa shape index (κ3) is 6.40. The summed E-state index contributed by atoms with van der Waals surface area (Å²) in [5.74, 6) is -4.61.